The molecule has 1 spiro atoms. The molecule has 1 aromatic heterocycles. The number of nitrogens with zero attached hydrogens (tertiary/aromatic N) is 2. The van der Waals surface area contributed by atoms with Gasteiger partial charge in [-0.1, -0.05) is 6.07 Å². The molecular weight excluding hydrogens is 250 g/mol. The molecule has 4 heteroatoms. The lowest BCUT2D eigenvalue weighted by Gasteiger charge is -2.33. The third-order valence-corrected chi connectivity index (χ3v) is 4.70. The van der Waals surface area contributed by atoms with Crippen LogP contribution in [0.5, 0.6) is 0 Å². The number of nitrogens with one attached hydrogen (secondary N) is 1. The van der Waals surface area contributed by atoms with Gasteiger partial charge < -0.3 is 10.1 Å². The first kappa shape index (κ1) is 12.0. The fraction of sp³-hybridized carbons (Fsp3) is 0.438. The predicted molar refractivity (Wildman–Crippen MR) is 78.9 cm³/mol. The normalized spacial score (nSPS) is 19.9. The molecule has 3 heterocycles. The van der Waals surface area contributed by atoms with Crippen LogP contribution in [-0.4, -0.2) is 29.5 Å². The Morgan fingerprint density at radius 1 is 1.25 bits per heavy atom. The van der Waals surface area contributed by atoms with Crippen LogP contribution in [0.25, 0.3) is 11.1 Å². The molecule has 1 aromatic carbocycles. The van der Waals surface area contributed by atoms with Crippen LogP contribution in [0.15, 0.2) is 30.6 Å². The number of rotatable bonds is 1. The maximum absolute atomic E-state index is 5.55. The molecule has 4 rings (SSSR count). The molecule has 0 saturated carbocycles. The van der Waals surface area contributed by atoms with Gasteiger partial charge in [-0.05, 0) is 36.1 Å². The average molecular weight is 269 g/mol. The van der Waals surface area contributed by atoms with Crippen LogP contribution < -0.4 is 5.32 Å². The van der Waals surface area contributed by atoms with E-state index >= 15 is 0 Å². The summed E-state index contributed by atoms with van der Waals surface area (Å²) in [6.45, 7) is 2.79. The lowest BCUT2D eigenvalue weighted by molar-refractivity contribution is 0.0567. The molecule has 0 amide bonds. The summed E-state index contributed by atoms with van der Waals surface area (Å²) in [7, 11) is 1.96. The van der Waals surface area contributed by atoms with Gasteiger partial charge in [0.2, 0.25) is 0 Å². The van der Waals surface area contributed by atoms with Crippen molar-refractivity contribution in [1.29, 1.82) is 0 Å². The van der Waals surface area contributed by atoms with Crippen LogP contribution in [0.2, 0.25) is 0 Å². The summed E-state index contributed by atoms with van der Waals surface area (Å²) in [5.41, 5.74) is 5.46. The highest BCUT2D eigenvalue weighted by Crippen LogP contribution is 2.44. The van der Waals surface area contributed by atoms with Crippen molar-refractivity contribution in [2.24, 2.45) is 7.05 Å². The van der Waals surface area contributed by atoms with Crippen molar-refractivity contribution in [3.8, 4) is 11.1 Å². The molecule has 0 unspecified atom stereocenters. The molecule has 0 atom stereocenters. The standard InChI is InChI=1S/C16H19N3O/c1-19-10-13(9-18-19)12-2-3-15-14(8-12)16(11-17-15)4-6-20-7-5-16/h2-3,8-10,17H,4-7,11H2,1H3. The number of hydrogen-bond donors (Lipinski definition) is 1. The van der Waals surface area contributed by atoms with Crippen molar-refractivity contribution in [2.75, 3.05) is 25.1 Å². The maximum atomic E-state index is 5.55. The van der Waals surface area contributed by atoms with E-state index in [0.29, 0.717) is 0 Å². The number of benzene rings is 1. The first-order chi connectivity index (χ1) is 9.77. The van der Waals surface area contributed by atoms with E-state index in [2.05, 4.69) is 34.8 Å². The highest BCUT2D eigenvalue weighted by atomic mass is 16.5. The number of aryl methyl sites for hydroxylation is 1. The average Bonchev–Trinajstić information content (AvgIpc) is 3.05. The Bertz CT molecular complexity index is 635. The van der Waals surface area contributed by atoms with Crippen LogP contribution in [0.1, 0.15) is 18.4 Å². The SMILES string of the molecule is Cn1cc(-c2ccc3c(c2)C2(CCOCC2)CN3)cn1. The lowest BCUT2D eigenvalue weighted by atomic mass is 9.75. The Kier molecular flexibility index (Phi) is 2.60. The number of hydrogen-bond acceptors (Lipinski definition) is 3. The highest BCUT2D eigenvalue weighted by molar-refractivity contribution is 5.71. The van der Waals surface area contributed by atoms with E-state index in [1.54, 1.807) is 0 Å². The Hall–Kier alpha value is -1.81. The topological polar surface area (TPSA) is 39.1 Å². The summed E-state index contributed by atoms with van der Waals surface area (Å²) < 4.78 is 7.40. The minimum Gasteiger partial charge on any atom is -0.384 e. The van der Waals surface area contributed by atoms with Crippen LogP contribution in [0.3, 0.4) is 0 Å². The van der Waals surface area contributed by atoms with Crippen molar-refractivity contribution in [1.82, 2.24) is 9.78 Å². The molecule has 1 fully saturated rings. The summed E-state index contributed by atoms with van der Waals surface area (Å²) >= 11 is 0. The van der Waals surface area contributed by atoms with E-state index in [9.17, 15) is 0 Å². The van der Waals surface area contributed by atoms with Gasteiger partial charge in [0.1, 0.15) is 0 Å². The second-order valence-electron chi connectivity index (χ2n) is 5.91. The molecule has 2 aliphatic heterocycles. The number of anilines is 1. The Labute approximate surface area is 118 Å². The quantitative estimate of drug-likeness (QED) is 0.864. The first-order valence-corrected chi connectivity index (χ1v) is 7.22. The molecular formula is C16H19N3O. The number of ether oxygens (including phenoxy) is 1. The van der Waals surface area contributed by atoms with Crippen LogP contribution in [0.4, 0.5) is 5.69 Å². The first-order valence-electron chi connectivity index (χ1n) is 7.22. The van der Waals surface area contributed by atoms with Gasteiger partial charge in [-0.3, -0.25) is 4.68 Å². The molecule has 4 nitrogen and oxygen atoms in total. The molecule has 20 heavy (non-hydrogen) atoms. The molecule has 0 bridgehead atoms. The van der Waals surface area contributed by atoms with Gasteiger partial charge >= 0.3 is 0 Å². The number of fused-ring (bicyclic) bond motifs is 2. The van der Waals surface area contributed by atoms with Gasteiger partial charge in [-0.25, -0.2) is 0 Å². The summed E-state index contributed by atoms with van der Waals surface area (Å²) in [5, 5.41) is 7.84. The fourth-order valence-electron chi connectivity index (χ4n) is 3.45. The van der Waals surface area contributed by atoms with Crippen LogP contribution >= 0.6 is 0 Å². The second kappa shape index (κ2) is 4.35. The molecule has 2 aliphatic rings. The minimum absolute atomic E-state index is 0.270. The van der Waals surface area contributed by atoms with Gasteiger partial charge in [0, 0.05) is 49.7 Å². The third-order valence-electron chi connectivity index (χ3n) is 4.70. The molecule has 0 radical (unpaired) electrons. The lowest BCUT2D eigenvalue weighted by Crippen LogP contribution is -2.35. The zero-order valence-corrected chi connectivity index (χ0v) is 11.7. The van der Waals surface area contributed by atoms with E-state index in [1.165, 1.54) is 22.4 Å². The Morgan fingerprint density at radius 3 is 2.85 bits per heavy atom. The van der Waals surface area contributed by atoms with Crippen molar-refractivity contribution in [3.63, 3.8) is 0 Å². The van der Waals surface area contributed by atoms with Crippen molar-refractivity contribution in [2.45, 2.75) is 18.3 Å². The predicted octanol–water partition coefficient (Wildman–Crippen LogP) is 2.56. The second-order valence-corrected chi connectivity index (χ2v) is 5.91. The maximum Gasteiger partial charge on any atom is 0.0568 e. The summed E-state index contributed by atoms with van der Waals surface area (Å²) in [6.07, 6.45) is 6.23. The van der Waals surface area contributed by atoms with Gasteiger partial charge in [-0.2, -0.15) is 5.10 Å². The van der Waals surface area contributed by atoms with E-state index < -0.39 is 0 Å². The van der Waals surface area contributed by atoms with Gasteiger partial charge in [0.25, 0.3) is 0 Å². The van der Waals surface area contributed by atoms with Crippen LogP contribution in [-0.2, 0) is 17.2 Å². The minimum atomic E-state index is 0.270. The molecule has 104 valence electrons. The summed E-state index contributed by atoms with van der Waals surface area (Å²) in [5.74, 6) is 0. The third kappa shape index (κ3) is 1.75. The van der Waals surface area contributed by atoms with Crippen LogP contribution in [0, 0.1) is 0 Å². The van der Waals surface area contributed by atoms with Gasteiger partial charge in [0.15, 0.2) is 0 Å². The van der Waals surface area contributed by atoms with E-state index in [0.717, 1.165) is 32.6 Å². The molecule has 1 saturated heterocycles. The van der Waals surface area contributed by atoms with Crippen molar-refractivity contribution >= 4 is 5.69 Å². The van der Waals surface area contributed by atoms with Crippen molar-refractivity contribution in [3.05, 3.63) is 36.2 Å². The van der Waals surface area contributed by atoms with E-state index in [1.807, 2.05) is 17.9 Å². The molecule has 0 aliphatic carbocycles. The Balaban J connectivity index is 1.78. The Morgan fingerprint density at radius 2 is 2.10 bits per heavy atom. The largest absolute Gasteiger partial charge is 0.384 e. The zero-order chi connectivity index (χ0) is 13.6. The molecule has 1 N–H and O–H groups in total. The van der Waals surface area contributed by atoms with E-state index in [4.69, 9.17) is 4.74 Å². The molecule has 2 aromatic rings. The zero-order valence-electron chi connectivity index (χ0n) is 11.7. The van der Waals surface area contributed by atoms with E-state index in [-0.39, 0.29) is 5.41 Å². The number of aromatic nitrogens is 2. The summed E-state index contributed by atoms with van der Waals surface area (Å²) in [6, 6.07) is 6.74. The van der Waals surface area contributed by atoms with Gasteiger partial charge in [-0.15, -0.1) is 0 Å². The van der Waals surface area contributed by atoms with Gasteiger partial charge in [0.05, 0.1) is 6.20 Å². The highest BCUT2D eigenvalue weighted by Gasteiger charge is 2.40. The monoisotopic (exact) mass is 269 g/mol. The summed E-state index contributed by atoms with van der Waals surface area (Å²) in [4.78, 5) is 0. The van der Waals surface area contributed by atoms with Crippen molar-refractivity contribution < 1.29 is 4.74 Å². The fourth-order valence-corrected chi connectivity index (χ4v) is 3.45. The smallest absolute Gasteiger partial charge is 0.0568 e.